The number of carbonyl (C=O) groups excluding carboxylic acids is 1. The van der Waals surface area contributed by atoms with E-state index in [9.17, 15) is 22.8 Å². The van der Waals surface area contributed by atoms with Crippen LogP contribution in [-0.2, 0) is 10.9 Å². The summed E-state index contributed by atoms with van der Waals surface area (Å²) in [6.07, 6.45) is -2.46. The van der Waals surface area contributed by atoms with Gasteiger partial charge in [0, 0.05) is 5.56 Å². The largest absolute Gasteiger partial charge is 0.478 e. The van der Waals surface area contributed by atoms with Gasteiger partial charge in [-0.1, -0.05) is 17.3 Å². The monoisotopic (exact) mass is 471 g/mol. The molecule has 0 fully saturated rings. The van der Waals surface area contributed by atoms with Gasteiger partial charge < -0.3 is 9.84 Å². The Hall–Kier alpha value is -4.48. The second kappa shape index (κ2) is 8.81. The van der Waals surface area contributed by atoms with Crippen molar-refractivity contribution in [2.75, 3.05) is 6.61 Å². The fourth-order valence-electron chi connectivity index (χ4n) is 3.26. The van der Waals surface area contributed by atoms with E-state index in [2.05, 4.69) is 15.4 Å². The van der Waals surface area contributed by atoms with Gasteiger partial charge >= 0.3 is 18.1 Å². The van der Waals surface area contributed by atoms with E-state index in [4.69, 9.17) is 9.84 Å². The molecule has 0 radical (unpaired) electrons. The number of esters is 1. The van der Waals surface area contributed by atoms with E-state index in [0.29, 0.717) is 21.6 Å². The number of alkyl halides is 3. The molecule has 0 aliphatic heterocycles. The number of halogens is 3. The van der Waals surface area contributed by atoms with Crippen LogP contribution in [0.1, 0.15) is 33.3 Å². The van der Waals surface area contributed by atoms with Gasteiger partial charge in [-0.15, -0.1) is 5.10 Å². The maximum Gasteiger partial charge on any atom is 0.434 e. The van der Waals surface area contributed by atoms with E-state index < -0.39 is 29.4 Å². The molecular formula is C22H16F3N5O4. The van der Waals surface area contributed by atoms with Crippen molar-refractivity contribution >= 4 is 11.9 Å². The van der Waals surface area contributed by atoms with Crippen molar-refractivity contribution in [3.05, 3.63) is 77.7 Å². The maximum absolute atomic E-state index is 13.7. The van der Waals surface area contributed by atoms with E-state index in [0.717, 1.165) is 6.20 Å². The Balaban J connectivity index is 1.65. The lowest BCUT2D eigenvalue weighted by atomic mass is 10.1. The summed E-state index contributed by atoms with van der Waals surface area (Å²) in [5.41, 5.74) is -0.302. The van der Waals surface area contributed by atoms with Gasteiger partial charge in [0.15, 0.2) is 5.69 Å². The van der Waals surface area contributed by atoms with Crippen molar-refractivity contribution in [1.29, 1.82) is 0 Å². The first-order valence-electron chi connectivity index (χ1n) is 9.88. The Morgan fingerprint density at radius 1 is 1.09 bits per heavy atom. The molecule has 0 aliphatic carbocycles. The van der Waals surface area contributed by atoms with Crippen molar-refractivity contribution in [3.63, 3.8) is 0 Å². The summed E-state index contributed by atoms with van der Waals surface area (Å²) in [4.78, 5) is 23.1. The van der Waals surface area contributed by atoms with Crippen molar-refractivity contribution < 1.29 is 32.6 Å². The smallest absolute Gasteiger partial charge is 0.434 e. The zero-order valence-electron chi connectivity index (χ0n) is 17.5. The van der Waals surface area contributed by atoms with E-state index in [1.807, 2.05) is 0 Å². The Kier molecular flexibility index (Phi) is 5.88. The highest BCUT2D eigenvalue weighted by Crippen LogP contribution is 2.34. The molecule has 0 amide bonds. The van der Waals surface area contributed by atoms with Crippen LogP contribution in [0.4, 0.5) is 13.2 Å². The topological polar surface area (TPSA) is 112 Å². The standard InChI is InChI=1S/C22H16F3N5O4/c1-2-34-21(33)17-11-26-30(19(17)22(23,24)25)16-8-6-15(7-9-16)29-12-18(27-28-29)13-4-3-5-14(10-13)20(31)32/h3-12H,2H2,1H3,(H,31,32). The number of carboxylic acids is 1. The number of ether oxygens (including phenoxy) is 1. The average molecular weight is 471 g/mol. The molecule has 9 nitrogen and oxygen atoms in total. The van der Waals surface area contributed by atoms with E-state index >= 15 is 0 Å². The van der Waals surface area contributed by atoms with Gasteiger partial charge in [0.2, 0.25) is 0 Å². The molecule has 0 unspecified atom stereocenters. The predicted molar refractivity (Wildman–Crippen MR) is 112 cm³/mol. The van der Waals surface area contributed by atoms with Crippen LogP contribution >= 0.6 is 0 Å². The van der Waals surface area contributed by atoms with Crippen LogP contribution in [0.2, 0.25) is 0 Å². The number of carboxylic acid groups (broad SMARTS) is 1. The van der Waals surface area contributed by atoms with Gasteiger partial charge in [-0.05, 0) is 43.3 Å². The lowest BCUT2D eigenvalue weighted by Gasteiger charge is -2.12. The SMILES string of the molecule is CCOC(=O)c1cnn(-c2ccc(-n3cc(-c4cccc(C(=O)O)c4)nn3)cc2)c1C(F)(F)F. The molecule has 0 bridgehead atoms. The molecule has 0 aliphatic rings. The minimum atomic E-state index is -4.84. The van der Waals surface area contributed by atoms with E-state index in [1.54, 1.807) is 18.3 Å². The van der Waals surface area contributed by atoms with Crippen molar-refractivity contribution in [2.45, 2.75) is 13.1 Å². The van der Waals surface area contributed by atoms with Crippen molar-refractivity contribution in [2.24, 2.45) is 0 Å². The van der Waals surface area contributed by atoms with Crippen LogP contribution in [0.5, 0.6) is 0 Å². The lowest BCUT2D eigenvalue weighted by molar-refractivity contribution is -0.143. The maximum atomic E-state index is 13.7. The average Bonchev–Trinajstić information content (AvgIpc) is 3.47. The number of nitrogens with zero attached hydrogens (tertiary/aromatic N) is 5. The molecule has 1 N–H and O–H groups in total. The highest BCUT2D eigenvalue weighted by Gasteiger charge is 2.41. The fourth-order valence-corrected chi connectivity index (χ4v) is 3.26. The van der Waals surface area contributed by atoms with E-state index in [-0.39, 0.29) is 17.9 Å². The highest BCUT2D eigenvalue weighted by atomic mass is 19.4. The minimum absolute atomic E-state index is 0.0705. The number of carbonyl (C=O) groups is 2. The summed E-state index contributed by atoms with van der Waals surface area (Å²) in [7, 11) is 0. The summed E-state index contributed by atoms with van der Waals surface area (Å²) in [6, 6.07) is 12.0. The molecular weight excluding hydrogens is 455 g/mol. The Morgan fingerprint density at radius 3 is 2.44 bits per heavy atom. The Morgan fingerprint density at radius 2 is 1.79 bits per heavy atom. The van der Waals surface area contributed by atoms with Crippen LogP contribution in [0.3, 0.4) is 0 Å². The van der Waals surface area contributed by atoms with Gasteiger partial charge in [0.25, 0.3) is 0 Å². The van der Waals surface area contributed by atoms with Crippen molar-refractivity contribution in [1.82, 2.24) is 24.8 Å². The molecule has 0 saturated carbocycles. The van der Waals surface area contributed by atoms with Crippen LogP contribution in [0, 0.1) is 0 Å². The Labute approximate surface area is 190 Å². The molecule has 2 aromatic carbocycles. The van der Waals surface area contributed by atoms with Crippen LogP contribution in [-0.4, -0.2) is 48.4 Å². The van der Waals surface area contributed by atoms with Crippen LogP contribution in [0.15, 0.2) is 60.9 Å². The van der Waals surface area contributed by atoms with Crippen LogP contribution in [0.25, 0.3) is 22.6 Å². The quantitative estimate of drug-likeness (QED) is 0.423. The summed E-state index contributed by atoms with van der Waals surface area (Å²) in [5, 5.41) is 20.9. The molecule has 0 spiro atoms. The van der Waals surface area contributed by atoms with Gasteiger partial charge in [0.1, 0.15) is 11.3 Å². The second-order valence-electron chi connectivity index (χ2n) is 6.99. The predicted octanol–water partition coefficient (Wildman–Crippen LogP) is 4.01. The number of hydrogen-bond acceptors (Lipinski definition) is 6. The lowest BCUT2D eigenvalue weighted by Crippen LogP contribution is -2.18. The third kappa shape index (κ3) is 4.37. The molecule has 174 valence electrons. The number of hydrogen-bond donors (Lipinski definition) is 1. The Bertz CT molecular complexity index is 1360. The fraction of sp³-hybridized carbons (Fsp3) is 0.136. The van der Waals surface area contributed by atoms with Crippen molar-refractivity contribution in [3.8, 4) is 22.6 Å². The van der Waals surface area contributed by atoms with Gasteiger partial charge in [-0.2, -0.15) is 18.3 Å². The first kappa shape index (κ1) is 22.7. The summed E-state index contributed by atoms with van der Waals surface area (Å²) < 4.78 is 47.8. The second-order valence-corrected chi connectivity index (χ2v) is 6.99. The van der Waals surface area contributed by atoms with Gasteiger partial charge in [-0.3, -0.25) is 0 Å². The zero-order chi connectivity index (χ0) is 24.5. The number of rotatable bonds is 6. The normalized spacial score (nSPS) is 11.4. The molecule has 2 heterocycles. The summed E-state index contributed by atoms with van der Waals surface area (Å²) in [6.45, 7) is 1.42. The molecule has 4 aromatic rings. The first-order valence-corrected chi connectivity index (χ1v) is 9.88. The van der Waals surface area contributed by atoms with E-state index in [1.165, 1.54) is 48.0 Å². The summed E-state index contributed by atoms with van der Waals surface area (Å²) in [5.74, 6) is -2.19. The highest BCUT2D eigenvalue weighted by molar-refractivity contribution is 5.91. The van der Waals surface area contributed by atoms with Gasteiger partial charge in [-0.25, -0.2) is 19.0 Å². The molecule has 0 atom stereocenters. The number of aromatic carboxylic acids is 1. The minimum Gasteiger partial charge on any atom is -0.478 e. The number of benzene rings is 2. The summed E-state index contributed by atoms with van der Waals surface area (Å²) >= 11 is 0. The first-order chi connectivity index (χ1) is 16.2. The third-order valence-corrected chi connectivity index (χ3v) is 4.79. The zero-order valence-corrected chi connectivity index (χ0v) is 17.5. The number of aromatic nitrogens is 5. The molecule has 4 rings (SSSR count). The molecule has 0 saturated heterocycles. The third-order valence-electron chi connectivity index (χ3n) is 4.79. The molecule has 12 heteroatoms. The molecule has 34 heavy (non-hydrogen) atoms. The molecule has 2 aromatic heterocycles. The van der Waals surface area contributed by atoms with Gasteiger partial charge in [0.05, 0.1) is 35.9 Å². The van der Waals surface area contributed by atoms with Crippen LogP contribution < -0.4 is 0 Å².